The van der Waals surface area contributed by atoms with Gasteiger partial charge >= 0.3 is 0 Å². The van der Waals surface area contributed by atoms with Crippen LogP contribution in [0.4, 0.5) is 0 Å². The maximum absolute atomic E-state index is 5.53. The van der Waals surface area contributed by atoms with E-state index < -0.39 is 0 Å². The maximum atomic E-state index is 5.53. The topological polar surface area (TPSA) is 12.5 Å². The summed E-state index contributed by atoms with van der Waals surface area (Å²) in [5, 5.41) is 0. The van der Waals surface area contributed by atoms with Crippen molar-refractivity contribution in [3.8, 4) is 0 Å². The Balaban J connectivity index is 2.21. The van der Waals surface area contributed by atoms with Crippen molar-refractivity contribution in [1.82, 2.24) is 0 Å². The predicted molar refractivity (Wildman–Crippen MR) is 49.1 cm³/mol. The van der Waals surface area contributed by atoms with Gasteiger partial charge in [0.15, 0.2) is 0 Å². The molecule has 1 atom stereocenters. The Morgan fingerprint density at radius 2 is 1.67 bits per heavy atom. The molecule has 1 unspecified atom stereocenters. The highest BCUT2D eigenvalue weighted by Crippen LogP contribution is 2.48. The molecule has 1 heterocycles. The van der Waals surface area contributed by atoms with Crippen molar-refractivity contribution >= 4 is 0 Å². The first kappa shape index (κ1) is 7.81. The summed E-state index contributed by atoms with van der Waals surface area (Å²) in [6.45, 7) is 6.34. The summed E-state index contributed by atoms with van der Waals surface area (Å²) in [7, 11) is 0. The smallest absolute Gasteiger partial charge is 0.112 e. The normalized spacial score (nSPS) is 25.4. The fraction of sp³-hybridized carbons (Fsp3) is 0.455. The minimum atomic E-state index is 0.0647. The quantitative estimate of drug-likeness (QED) is 0.578. The highest BCUT2D eigenvalue weighted by Gasteiger charge is 2.48. The van der Waals surface area contributed by atoms with Gasteiger partial charge in [0.2, 0.25) is 0 Å². The molecule has 12 heavy (non-hydrogen) atoms. The molecule has 1 aromatic carbocycles. The molecule has 1 fully saturated rings. The summed E-state index contributed by atoms with van der Waals surface area (Å²) in [5.41, 5.74) is 2.66. The standard InChI is InChI=1S/C11H14O/c1-8-4-6-9(7-5-8)10-11(2,3)12-10/h4-7,10H,1-3H3. The molecule has 0 N–H and O–H groups in total. The Morgan fingerprint density at radius 1 is 1.17 bits per heavy atom. The molecule has 0 spiro atoms. The fourth-order valence-corrected chi connectivity index (χ4v) is 1.48. The average molecular weight is 162 g/mol. The molecule has 0 bridgehead atoms. The van der Waals surface area contributed by atoms with Gasteiger partial charge in [-0.1, -0.05) is 29.8 Å². The van der Waals surface area contributed by atoms with Crippen LogP contribution in [0.25, 0.3) is 0 Å². The molecule has 1 saturated heterocycles. The van der Waals surface area contributed by atoms with Crippen molar-refractivity contribution in [2.45, 2.75) is 32.5 Å². The highest BCUT2D eigenvalue weighted by molar-refractivity contribution is 5.28. The lowest BCUT2D eigenvalue weighted by atomic mass is 10.0. The first-order chi connectivity index (χ1) is 5.59. The monoisotopic (exact) mass is 162 g/mol. The number of ether oxygens (including phenoxy) is 1. The number of rotatable bonds is 1. The van der Waals surface area contributed by atoms with E-state index in [1.165, 1.54) is 11.1 Å². The van der Waals surface area contributed by atoms with Crippen LogP contribution in [0.5, 0.6) is 0 Å². The van der Waals surface area contributed by atoms with E-state index in [2.05, 4.69) is 45.0 Å². The second kappa shape index (κ2) is 2.33. The first-order valence-electron chi connectivity index (χ1n) is 4.34. The Morgan fingerprint density at radius 3 is 2.08 bits per heavy atom. The van der Waals surface area contributed by atoms with Crippen LogP contribution in [0.15, 0.2) is 24.3 Å². The van der Waals surface area contributed by atoms with E-state index in [0.717, 1.165) is 0 Å². The van der Waals surface area contributed by atoms with Crippen LogP contribution < -0.4 is 0 Å². The van der Waals surface area contributed by atoms with Crippen molar-refractivity contribution < 1.29 is 4.74 Å². The van der Waals surface area contributed by atoms with E-state index in [-0.39, 0.29) is 5.60 Å². The molecule has 0 amide bonds. The van der Waals surface area contributed by atoms with Gasteiger partial charge in [-0.15, -0.1) is 0 Å². The summed E-state index contributed by atoms with van der Waals surface area (Å²) in [6.07, 6.45) is 0.318. The molecule has 1 aliphatic rings. The molecule has 2 rings (SSSR count). The van der Waals surface area contributed by atoms with Gasteiger partial charge in [-0.2, -0.15) is 0 Å². The third-order valence-electron chi connectivity index (χ3n) is 2.38. The predicted octanol–water partition coefficient (Wildman–Crippen LogP) is 2.84. The van der Waals surface area contributed by atoms with E-state index in [9.17, 15) is 0 Å². The van der Waals surface area contributed by atoms with Crippen molar-refractivity contribution in [1.29, 1.82) is 0 Å². The number of hydrogen-bond acceptors (Lipinski definition) is 1. The second-order valence-electron chi connectivity index (χ2n) is 4.01. The zero-order chi connectivity index (χ0) is 8.77. The van der Waals surface area contributed by atoms with Crippen LogP contribution in [-0.4, -0.2) is 5.60 Å². The summed E-state index contributed by atoms with van der Waals surface area (Å²) >= 11 is 0. The van der Waals surface area contributed by atoms with Crippen molar-refractivity contribution in [2.75, 3.05) is 0 Å². The van der Waals surface area contributed by atoms with E-state index in [0.29, 0.717) is 6.10 Å². The number of benzene rings is 1. The minimum Gasteiger partial charge on any atom is -0.362 e. The van der Waals surface area contributed by atoms with E-state index in [1.54, 1.807) is 0 Å². The number of epoxide rings is 1. The lowest BCUT2D eigenvalue weighted by Crippen LogP contribution is -1.97. The fourth-order valence-electron chi connectivity index (χ4n) is 1.48. The molecule has 1 aliphatic heterocycles. The van der Waals surface area contributed by atoms with Crippen molar-refractivity contribution in [3.05, 3.63) is 35.4 Å². The van der Waals surface area contributed by atoms with E-state index in [4.69, 9.17) is 4.74 Å². The largest absolute Gasteiger partial charge is 0.362 e. The maximum Gasteiger partial charge on any atom is 0.112 e. The molecule has 1 heteroatoms. The van der Waals surface area contributed by atoms with Gasteiger partial charge in [-0.05, 0) is 26.3 Å². The third kappa shape index (κ3) is 1.25. The highest BCUT2D eigenvalue weighted by atomic mass is 16.6. The Labute approximate surface area is 73.4 Å². The Hall–Kier alpha value is -0.820. The Bertz CT molecular complexity index is 284. The zero-order valence-corrected chi connectivity index (χ0v) is 7.79. The van der Waals surface area contributed by atoms with Crippen LogP contribution in [0.3, 0.4) is 0 Å². The summed E-state index contributed by atoms with van der Waals surface area (Å²) in [6, 6.07) is 8.56. The molecule has 0 radical (unpaired) electrons. The summed E-state index contributed by atoms with van der Waals surface area (Å²) in [5.74, 6) is 0. The van der Waals surface area contributed by atoms with E-state index >= 15 is 0 Å². The van der Waals surface area contributed by atoms with Crippen LogP contribution in [0.1, 0.15) is 31.1 Å². The van der Waals surface area contributed by atoms with Crippen molar-refractivity contribution in [2.24, 2.45) is 0 Å². The van der Waals surface area contributed by atoms with Gasteiger partial charge in [-0.25, -0.2) is 0 Å². The average Bonchev–Trinajstić information content (AvgIpc) is 2.61. The molecule has 64 valence electrons. The number of hydrogen-bond donors (Lipinski definition) is 0. The number of aryl methyl sites for hydroxylation is 1. The minimum absolute atomic E-state index is 0.0647. The zero-order valence-electron chi connectivity index (χ0n) is 7.79. The second-order valence-corrected chi connectivity index (χ2v) is 4.01. The van der Waals surface area contributed by atoms with Crippen LogP contribution in [-0.2, 0) is 4.74 Å². The van der Waals surface area contributed by atoms with Crippen molar-refractivity contribution in [3.63, 3.8) is 0 Å². The SMILES string of the molecule is Cc1ccc(C2OC2(C)C)cc1. The summed E-state index contributed by atoms with van der Waals surface area (Å²) < 4.78 is 5.53. The van der Waals surface area contributed by atoms with Gasteiger partial charge in [0.1, 0.15) is 6.10 Å². The first-order valence-corrected chi connectivity index (χ1v) is 4.34. The molecule has 0 aromatic heterocycles. The molecule has 0 aliphatic carbocycles. The summed E-state index contributed by atoms with van der Waals surface area (Å²) in [4.78, 5) is 0. The molecule has 1 nitrogen and oxygen atoms in total. The molecular formula is C11H14O. The van der Waals surface area contributed by atoms with Gasteiger partial charge in [0, 0.05) is 0 Å². The van der Waals surface area contributed by atoms with Gasteiger partial charge in [0.25, 0.3) is 0 Å². The van der Waals surface area contributed by atoms with Crippen LogP contribution in [0.2, 0.25) is 0 Å². The lowest BCUT2D eigenvalue weighted by Gasteiger charge is -1.98. The van der Waals surface area contributed by atoms with Gasteiger partial charge in [0.05, 0.1) is 5.60 Å². The van der Waals surface area contributed by atoms with Crippen LogP contribution in [0, 0.1) is 6.92 Å². The van der Waals surface area contributed by atoms with Crippen LogP contribution >= 0.6 is 0 Å². The molecule has 1 aromatic rings. The van der Waals surface area contributed by atoms with Gasteiger partial charge < -0.3 is 4.74 Å². The molecular weight excluding hydrogens is 148 g/mol. The third-order valence-corrected chi connectivity index (χ3v) is 2.38. The Kier molecular flexibility index (Phi) is 1.52. The molecule has 0 saturated carbocycles. The van der Waals surface area contributed by atoms with E-state index in [1.807, 2.05) is 0 Å². The van der Waals surface area contributed by atoms with Gasteiger partial charge in [-0.3, -0.25) is 0 Å². The lowest BCUT2D eigenvalue weighted by molar-refractivity contribution is 0.325.